The first-order chi connectivity index (χ1) is 21.7. The zero-order valence-electron chi connectivity index (χ0n) is 23.8. The molecule has 2 bridgehead atoms. The number of fused-ring (bicyclic) bond motifs is 2. The van der Waals surface area contributed by atoms with Crippen LogP contribution in [-0.4, -0.2) is 38.3 Å². The van der Waals surface area contributed by atoms with E-state index in [2.05, 4.69) is 4.98 Å². The zero-order chi connectivity index (χ0) is 31.3. The Morgan fingerprint density at radius 2 is 1.84 bits per heavy atom. The highest BCUT2D eigenvalue weighted by molar-refractivity contribution is 5.92. The van der Waals surface area contributed by atoms with Crippen molar-refractivity contribution in [1.29, 1.82) is 5.26 Å². The first-order valence-corrected chi connectivity index (χ1v) is 14.3. The molecule has 1 N–H and O–H groups in total. The number of imidazole rings is 1. The molecular formula is C34H25F3N4O4. The second kappa shape index (κ2) is 11.1. The lowest BCUT2D eigenvalue weighted by atomic mass is 9.70. The number of halogens is 3. The fourth-order valence-electron chi connectivity index (χ4n) is 6.18. The van der Waals surface area contributed by atoms with Crippen molar-refractivity contribution in [3.8, 4) is 23.2 Å². The summed E-state index contributed by atoms with van der Waals surface area (Å²) in [5, 5.41) is 18.5. The van der Waals surface area contributed by atoms with E-state index in [0.29, 0.717) is 30.0 Å². The van der Waals surface area contributed by atoms with Crippen LogP contribution >= 0.6 is 0 Å². The Morgan fingerprint density at radius 3 is 2.58 bits per heavy atom. The van der Waals surface area contributed by atoms with Crippen LogP contribution in [0.5, 0.6) is 5.88 Å². The van der Waals surface area contributed by atoms with E-state index < -0.39 is 23.4 Å². The minimum Gasteiger partial charge on any atom is -0.478 e. The standard InChI is InChI=1S/C34H25F3N4O4/c35-25-8-19(15-38)4-5-21(25)16-44-32-3-1-2-28(40-32)24-12-26(36)22(9-27(24)37)11-31-39-29-7-6-20(33(42)43)10-30(29)41(31)17-34-13-23(14-34)45-18-34/h1-10,12,23H,11,13-14,16-18H2,(H,42,43). The van der Waals surface area contributed by atoms with Crippen molar-refractivity contribution in [2.24, 2.45) is 5.41 Å². The molecule has 1 saturated carbocycles. The predicted octanol–water partition coefficient (Wildman–Crippen LogP) is 6.43. The normalized spacial score (nSPS) is 18.5. The highest BCUT2D eigenvalue weighted by Gasteiger charge is 2.52. The van der Waals surface area contributed by atoms with Gasteiger partial charge in [-0.25, -0.2) is 27.9 Å². The number of aromatic nitrogens is 3. The predicted molar refractivity (Wildman–Crippen MR) is 156 cm³/mol. The molecule has 11 heteroatoms. The fourth-order valence-corrected chi connectivity index (χ4v) is 6.18. The molecule has 2 aromatic heterocycles. The minimum absolute atomic E-state index is 0.0206. The average Bonchev–Trinajstić information content (AvgIpc) is 3.71. The van der Waals surface area contributed by atoms with E-state index in [1.165, 1.54) is 30.3 Å². The molecule has 5 aromatic rings. The molecule has 3 fully saturated rings. The van der Waals surface area contributed by atoms with Gasteiger partial charge in [0.05, 0.1) is 46.6 Å². The molecule has 2 aliphatic heterocycles. The number of pyridine rings is 1. The van der Waals surface area contributed by atoms with Crippen LogP contribution < -0.4 is 4.74 Å². The van der Waals surface area contributed by atoms with Gasteiger partial charge in [0.1, 0.15) is 29.9 Å². The Kier molecular flexibility index (Phi) is 7.01. The maximum absolute atomic E-state index is 15.6. The van der Waals surface area contributed by atoms with Crippen molar-refractivity contribution in [3.05, 3.63) is 112 Å². The summed E-state index contributed by atoms with van der Waals surface area (Å²) in [4.78, 5) is 20.7. The first kappa shape index (κ1) is 28.6. The summed E-state index contributed by atoms with van der Waals surface area (Å²) in [5.74, 6) is -2.44. The largest absolute Gasteiger partial charge is 0.478 e. The molecule has 4 heterocycles. The fraction of sp³-hybridized carbons (Fsp3) is 0.235. The number of carboxylic acid groups (broad SMARTS) is 1. The van der Waals surface area contributed by atoms with Crippen molar-refractivity contribution in [1.82, 2.24) is 14.5 Å². The van der Waals surface area contributed by atoms with Gasteiger partial charge in [0, 0.05) is 35.6 Å². The first-order valence-electron chi connectivity index (χ1n) is 14.3. The van der Waals surface area contributed by atoms with Gasteiger partial charge in [-0.15, -0.1) is 0 Å². The van der Waals surface area contributed by atoms with E-state index in [1.807, 2.05) is 10.6 Å². The smallest absolute Gasteiger partial charge is 0.335 e. The van der Waals surface area contributed by atoms with Crippen molar-refractivity contribution >= 4 is 17.0 Å². The van der Waals surface area contributed by atoms with Crippen molar-refractivity contribution in [2.45, 2.75) is 38.5 Å². The lowest BCUT2D eigenvalue weighted by molar-refractivity contribution is 0.0697. The third kappa shape index (κ3) is 5.38. The summed E-state index contributed by atoms with van der Waals surface area (Å²) in [5.41, 5.74) is 1.74. The Morgan fingerprint density at radius 1 is 1.02 bits per heavy atom. The number of hydrogen-bond acceptors (Lipinski definition) is 6. The summed E-state index contributed by atoms with van der Waals surface area (Å²) in [6.07, 6.45) is 1.99. The number of ether oxygens (including phenoxy) is 2. The van der Waals surface area contributed by atoms with Gasteiger partial charge in [0.15, 0.2) is 0 Å². The number of rotatable bonds is 9. The summed E-state index contributed by atoms with van der Waals surface area (Å²) >= 11 is 0. The molecule has 0 unspecified atom stereocenters. The zero-order valence-corrected chi connectivity index (χ0v) is 23.8. The van der Waals surface area contributed by atoms with Crippen LogP contribution in [0.3, 0.4) is 0 Å². The summed E-state index contributed by atoms with van der Waals surface area (Å²) in [7, 11) is 0. The van der Waals surface area contributed by atoms with Gasteiger partial charge in [-0.05, 0) is 66.9 Å². The number of hydrogen-bond donors (Lipinski definition) is 1. The molecule has 0 spiro atoms. The summed E-state index contributed by atoms with van der Waals surface area (Å²) in [6.45, 7) is 0.946. The van der Waals surface area contributed by atoms with Gasteiger partial charge in [0.25, 0.3) is 0 Å². The molecule has 45 heavy (non-hydrogen) atoms. The molecular weight excluding hydrogens is 585 g/mol. The van der Waals surface area contributed by atoms with E-state index in [1.54, 1.807) is 18.2 Å². The third-order valence-corrected chi connectivity index (χ3v) is 8.56. The summed E-state index contributed by atoms with van der Waals surface area (Å²) < 4.78 is 58.7. The summed E-state index contributed by atoms with van der Waals surface area (Å²) in [6, 6.07) is 17.4. The number of nitriles is 1. The highest BCUT2D eigenvalue weighted by Crippen LogP contribution is 2.51. The Labute approximate surface area is 255 Å². The number of nitrogens with zero attached hydrogens (tertiary/aromatic N) is 4. The van der Waals surface area contributed by atoms with Gasteiger partial charge in [-0.1, -0.05) is 12.1 Å². The molecule has 8 rings (SSSR count). The van der Waals surface area contributed by atoms with Crippen LogP contribution in [0.2, 0.25) is 0 Å². The maximum atomic E-state index is 15.6. The molecule has 1 aliphatic carbocycles. The molecule has 0 radical (unpaired) electrons. The topological polar surface area (TPSA) is 110 Å². The number of carboxylic acids is 1. The number of carbonyl (C=O) groups is 1. The third-order valence-electron chi connectivity index (χ3n) is 8.56. The number of aromatic carboxylic acids is 1. The minimum atomic E-state index is -1.06. The second-order valence-corrected chi connectivity index (χ2v) is 11.6. The van der Waals surface area contributed by atoms with E-state index in [0.717, 1.165) is 31.0 Å². The Balaban J connectivity index is 1.16. The van der Waals surface area contributed by atoms with Crippen LogP contribution in [0.4, 0.5) is 13.2 Å². The van der Waals surface area contributed by atoms with Crippen molar-refractivity contribution < 1.29 is 32.5 Å². The van der Waals surface area contributed by atoms with E-state index in [-0.39, 0.29) is 63.9 Å². The molecule has 8 nitrogen and oxygen atoms in total. The molecule has 2 saturated heterocycles. The molecule has 0 amide bonds. The van der Waals surface area contributed by atoms with Crippen LogP contribution in [0.25, 0.3) is 22.3 Å². The van der Waals surface area contributed by atoms with Gasteiger partial charge in [-0.3, -0.25) is 0 Å². The Bertz CT molecular complexity index is 2030. The van der Waals surface area contributed by atoms with Gasteiger partial charge in [0.2, 0.25) is 5.88 Å². The van der Waals surface area contributed by atoms with Crippen LogP contribution in [0.15, 0.2) is 66.7 Å². The van der Waals surface area contributed by atoms with Crippen LogP contribution in [-0.2, 0) is 24.3 Å². The highest BCUT2D eigenvalue weighted by atomic mass is 19.1. The van der Waals surface area contributed by atoms with Gasteiger partial charge >= 0.3 is 5.97 Å². The SMILES string of the molecule is N#Cc1ccc(COc2cccc(-c3cc(F)c(Cc4nc5ccc(C(=O)O)cc5n4CC45COC(C4)C5)cc3F)n2)c(F)c1. The molecule has 3 aromatic carbocycles. The number of benzene rings is 3. The van der Waals surface area contributed by atoms with Crippen LogP contribution in [0.1, 0.15) is 45.7 Å². The maximum Gasteiger partial charge on any atom is 0.335 e. The van der Waals surface area contributed by atoms with E-state index >= 15 is 8.78 Å². The van der Waals surface area contributed by atoms with Crippen molar-refractivity contribution in [2.75, 3.05) is 6.61 Å². The van der Waals surface area contributed by atoms with Crippen molar-refractivity contribution in [3.63, 3.8) is 0 Å². The van der Waals surface area contributed by atoms with E-state index in [9.17, 15) is 14.3 Å². The van der Waals surface area contributed by atoms with Gasteiger partial charge in [-0.2, -0.15) is 5.26 Å². The van der Waals surface area contributed by atoms with E-state index in [4.69, 9.17) is 19.7 Å². The molecule has 226 valence electrons. The second-order valence-electron chi connectivity index (χ2n) is 11.6. The Hall–Kier alpha value is -5.21. The van der Waals surface area contributed by atoms with Crippen LogP contribution in [0, 0.1) is 34.2 Å². The van der Waals surface area contributed by atoms with Gasteiger partial charge < -0.3 is 19.1 Å². The lowest BCUT2D eigenvalue weighted by Gasteiger charge is -2.36. The monoisotopic (exact) mass is 610 g/mol. The quantitative estimate of drug-likeness (QED) is 0.205. The molecule has 0 atom stereocenters. The molecule has 3 aliphatic rings. The average molecular weight is 611 g/mol. The lowest BCUT2D eigenvalue weighted by Crippen LogP contribution is -2.37.